The van der Waals surface area contributed by atoms with Crippen molar-refractivity contribution < 1.29 is 19.4 Å². The summed E-state index contributed by atoms with van der Waals surface area (Å²) in [4.78, 5) is 27.9. The first-order valence-electron chi connectivity index (χ1n) is 10.7. The SMILES string of the molecule is COc1ccc(OC(=O)N2C[C@H]3CC2c2c(O)n(-c4cccc5ccccc45)c(=O)n23)cc1. The maximum Gasteiger partial charge on any atom is 0.415 e. The van der Waals surface area contributed by atoms with Crippen LogP contribution in [0.5, 0.6) is 17.4 Å². The van der Waals surface area contributed by atoms with Crippen molar-refractivity contribution in [1.29, 1.82) is 0 Å². The quantitative estimate of drug-likeness (QED) is 0.517. The minimum Gasteiger partial charge on any atom is -0.497 e. The molecule has 0 saturated carbocycles. The van der Waals surface area contributed by atoms with Crippen LogP contribution in [0.25, 0.3) is 16.5 Å². The molecule has 1 aromatic heterocycles. The molecule has 3 heterocycles. The Bertz CT molecular complexity index is 1450. The summed E-state index contributed by atoms with van der Waals surface area (Å²) in [7, 11) is 1.57. The fourth-order valence-electron chi connectivity index (χ4n) is 5.07. The van der Waals surface area contributed by atoms with Crippen LogP contribution >= 0.6 is 0 Å². The van der Waals surface area contributed by atoms with E-state index in [1.165, 1.54) is 4.57 Å². The van der Waals surface area contributed by atoms with Gasteiger partial charge < -0.3 is 14.6 Å². The van der Waals surface area contributed by atoms with Crippen molar-refractivity contribution in [2.45, 2.75) is 18.5 Å². The Balaban J connectivity index is 1.36. The Kier molecular flexibility index (Phi) is 4.23. The fourth-order valence-corrected chi connectivity index (χ4v) is 5.07. The molecule has 2 aliphatic rings. The molecule has 0 aliphatic carbocycles. The van der Waals surface area contributed by atoms with Crippen molar-refractivity contribution in [3.05, 3.63) is 82.9 Å². The molecule has 2 aliphatic heterocycles. The molecule has 1 N–H and O–H groups in total. The van der Waals surface area contributed by atoms with Crippen molar-refractivity contribution in [1.82, 2.24) is 14.0 Å². The van der Waals surface area contributed by atoms with Crippen LogP contribution in [0.3, 0.4) is 0 Å². The van der Waals surface area contributed by atoms with E-state index in [0.717, 1.165) is 10.8 Å². The predicted molar refractivity (Wildman–Crippen MR) is 121 cm³/mol. The summed E-state index contributed by atoms with van der Waals surface area (Å²) >= 11 is 0. The van der Waals surface area contributed by atoms with E-state index in [9.17, 15) is 14.7 Å². The lowest BCUT2D eigenvalue weighted by Crippen LogP contribution is -2.39. The molecule has 0 spiro atoms. The minimum atomic E-state index is -0.510. The van der Waals surface area contributed by atoms with Crippen molar-refractivity contribution >= 4 is 16.9 Å². The monoisotopic (exact) mass is 443 g/mol. The molecule has 0 radical (unpaired) electrons. The van der Waals surface area contributed by atoms with E-state index in [1.807, 2.05) is 42.5 Å². The average molecular weight is 443 g/mol. The predicted octanol–water partition coefficient (Wildman–Crippen LogP) is 4.01. The van der Waals surface area contributed by atoms with E-state index in [1.54, 1.807) is 40.8 Å². The molecule has 33 heavy (non-hydrogen) atoms. The molecular formula is C25H21N3O5. The van der Waals surface area contributed by atoms with Crippen molar-refractivity contribution in [2.75, 3.05) is 13.7 Å². The lowest BCUT2D eigenvalue weighted by Gasteiger charge is -2.26. The van der Waals surface area contributed by atoms with Gasteiger partial charge in [0.15, 0.2) is 0 Å². The Labute approximate surface area is 188 Å². The number of amides is 1. The van der Waals surface area contributed by atoms with Crippen LogP contribution in [-0.4, -0.2) is 38.9 Å². The van der Waals surface area contributed by atoms with E-state index in [4.69, 9.17) is 9.47 Å². The highest BCUT2D eigenvalue weighted by atomic mass is 16.6. The summed E-state index contributed by atoms with van der Waals surface area (Å²) < 4.78 is 13.6. The first kappa shape index (κ1) is 19.5. The molecule has 1 fully saturated rings. The van der Waals surface area contributed by atoms with Gasteiger partial charge in [0.25, 0.3) is 0 Å². The highest BCUT2D eigenvalue weighted by molar-refractivity contribution is 5.90. The molecule has 8 heteroatoms. The van der Waals surface area contributed by atoms with Gasteiger partial charge in [0.05, 0.1) is 24.9 Å². The Morgan fingerprint density at radius 1 is 1.00 bits per heavy atom. The third-order valence-corrected chi connectivity index (χ3v) is 6.56. The standard InChI is InChI=1S/C25H21N3O5/c1-32-17-9-11-18(12-10-17)33-25(31)26-14-16-13-21(26)22-23(29)28(24(30)27(16)22)20-8-4-6-15-5-2-3-7-19(15)20/h2-12,16,21,29H,13-14H2,1H3/t16-,21?/m1/s1. The van der Waals surface area contributed by atoms with Crippen LogP contribution in [0.1, 0.15) is 24.2 Å². The lowest BCUT2D eigenvalue weighted by atomic mass is 10.1. The van der Waals surface area contributed by atoms with Gasteiger partial charge in [-0.3, -0.25) is 9.47 Å². The van der Waals surface area contributed by atoms with Crippen LogP contribution in [0.4, 0.5) is 4.79 Å². The highest BCUT2D eigenvalue weighted by Gasteiger charge is 2.50. The van der Waals surface area contributed by atoms with Crippen LogP contribution in [0.2, 0.25) is 0 Å². The summed E-state index contributed by atoms with van der Waals surface area (Å²) in [6, 6.07) is 19.5. The number of fused-ring (bicyclic) bond motifs is 6. The number of aromatic hydroxyl groups is 1. The van der Waals surface area contributed by atoms with E-state index < -0.39 is 12.1 Å². The van der Waals surface area contributed by atoms with Gasteiger partial charge >= 0.3 is 11.8 Å². The Hall–Kier alpha value is -4.20. The van der Waals surface area contributed by atoms with E-state index in [2.05, 4.69) is 0 Å². The number of hydrogen-bond donors (Lipinski definition) is 1. The van der Waals surface area contributed by atoms with Crippen LogP contribution in [0, 0.1) is 0 Å². The number of rotatable bonds is 3. The number of benzene rings is 3. The molecule has 6 rings (SSSR count). The summed E-state index contributed by atoms with van der Waals surface area (Å²) in [5.41, 5.74) is 0.773. The lowest BCUT2D eigenvalue weighted by molar-refractivity contribution is 0.140. The summed E-state index contributed by atoms with van der Waals surface area (Å²) in [6.07, 6.45) is 0.0651. The third kappa shape index (κ3) is 2.83. The van der Waals surface area contributed by atoms with E-state index >= 15 is 0 Å². The number of imidazole rings is 1. The number of hydrogen-bond acceptors (Lipinski definition) is 5. The zero-order valence-corrected chi connectivity index (χ0v) is 17.8. The first-order chi connectivity index (χ1) is 16.1. The van der Waals surface area contributed by atoms with Gasteiger partial charge in [-0.1, -0.05) is 36.4 Å². The molecule has 2 bridgehead atoms. The summed E-state index contributed by atoms with van der Waals surface area (Å²) in [5, 5.41) is 13.0. The van der Waals surface area contributed by atoms with E-state index in [-0.39, 0.29) is 17.6 Å². The van der Waals surface area contributed by atoms with Gasteiger partial charge in [0.1, 0.15) is 17.2 Å². The third-order valence-electron chi connectivity index (χ3n) is 6.56. The van der Waals surface area contributed by atoms with E-state index in [0.29, 0.717) is 35.8 Å². The molecular weight excluding hydrogens is 422 g/mol. The van der Waals surface area contributed by atoms with Crippen molar-refractivity contribution in [2.24, 2.45) is 0 Å². The molecule has 166 valence electrons. The summed E-state index contributed by atoms with van der Waals surface area (Å²) in [6.45, 7) is 0.353. The second-order valence-corrected chi connectivity index (χ2v) is 8.30. The van der Waals surface area contributed by atoms with Gasteiger partial charge in [0, 0.05) is 11.9 Å². The highest BCUT2D eigenvalue weighted by Crippen LogP contribution is 2.49. The van der Waals surface area contributed by atoms with Gasteiger partial charge in [-0.2, -0.15) is 0 Å². The zero-order chi connectivity index (χ0) is 22.7. The van der Waals surface area contributed by atoms with Gasteiger partial charge in [0.2, 0.25) is 5.88 Å². The van der Waals surface area contributed by atoms with Crippen LogP contribution in [0.15, 0.2) is 71.5 Å². The molecule has 1 amide bonds. The van der Waals surface area contributed by atoms with Crippen molar-refractivity contribution in [3.8, 4) is 23.1 Å². The molecule has 8 nitrogen and oxygen atoms in total. The molecule has 4 aromatic rings. The molecule has 1 saturated heterocycles. The zero-order valence-electron chi connectivity index (χ0n) is 17.8. The van der Waals surface area contributed by atoms with Crippen LogP contribution in [-0.2, 0) is 0 Å². The largest absolute Gasteiger partial charge is 0.497 e. The second kappa shape index (κ2) is 7.16. The second-order valence-electron chi connectivity index (χ2n) is 8.30. The number of carbonyl (C=O) groups is 1. The average Bonchev–Trinajstić information content (AvgIpc) is 3.51. The smallest absolute Gasteiger partial charge is 0.415 e. The summed E-state index contributed by atoms with van der Waals surface area (Å²) in [5.74, 6) is 0.933. The van der Waals surface area contributed by atoms with Gasteiger partial charge in [-0.25, -0.2) is 14.2 Å². The number of methoxy groups -OCH3 is 1. The van der Waals surface area contributed by atoms with Crippen LogP contribution < -0.4 is 15.2 Å². The first-order valence-corrected chi connectivity index (χ1v) is 10.7. The number of nitrogens with zero attached hydrogens (tertiary/aromatic N) is 3. The topological polar surface area (TPSA) is 85.9 Å². The molecule has 3 aromatic carbocycles. The minimum absolute atomic E-state index is 0.134. The number of aromatic nitrogens is 2. The number of ether oxygens (including phenoxy) is 2. The maximum atomic E-state index is 13.4. The Morgan fingerprint density at radius 3 is 2.52 bits per heavy atom. The van der Waals surface area contributed by atoms with Gasteiger partial charge in [-0.05, 0) is 42.1 Å². The fraction of sp³-hybridized carbons (Fsp3) is 0.200. The maximum absolute atomic E-state index is 13.4. The Morgan fingerprint density at radius 2 is 1.73 bits per heavy atom. The molecule has 1 unspecified atom stereocenters. The van der Waals surface area contributed by atoms with Crippen molar-refractivity contribution in [3.63, 3.8) is 0 Å². The number of carbonyl (C=O) groups excluding carboxylic acids is 1. The van der Waals surface area contributed by atoms with Gasteiger partial charge in [-0.15, -0.1) is 0 Å². The normalized spacial score (nSPS) is 18.5. The number of likely N-dealkylation sites (tertiary alicyclic amines) is 1. The molecule has 2 atom stereocenters.